The average molecular weight is 410 g/mol. The SMILES string of the molecule is Cc1ccc(NS(=O)(=O)c2ccc(C(=O)N3CCCC3CN)cc2)cc1.Cl. The van der Waals surface area contributed by atoms with Crippen LogP contribution < -0.4 is 10.5 Å². The van der Waals surface area contributed by atoms with Gasteiger partial charge in [-0.3, -0.25) is 9.52 Å². The van der Waals surface area contributed by atoms with Crippen LogP contribution in [0.15, 0.2) is 53.4 Å². The monoisotopic (exact) mass is 409 g/mol. The first-order valence-corrected chi connectivity index (χ1v) is 10.1. The largest absolute Gasteiger partial charge is 0.334 e. The summed E-state index contributed by atoms with van der Waals surface area (Å²) in [4.78, 5) is 14.5. The average Bonchev–Trinajstić information content (AvgIpc) is 3.12. The van der Waals surface area contributed by atoms with Crippen molar-refractivity contribution in [1.29, 1.82) is 0 Å². The van der Waals surface area contributed by atoms with Gasteiger partial charge in [0.15, 0.2) is 0 Å². The van der Waals surface area contributed by atoms with Crippen molar-refractivity contribution in [3.05, 3.63) is 59.7 Å². The first-order valence-electron chi connectivity index (χ1n) is 8.61. The lowest BCUT2D eigenvalue weighted by atomic mass is 10.1. The Balaban J connectivity index is 0.00000261. The standard InChI is InChI=1S/C19H23N3O3S.ClH/c1-14-4-8-16(9-5-14)21-26(24,25)18-10-6-15(7-11-18)19(23)22-12-2-3-17(22)13-20;/h4-11,17,21H,2-3,12-13,20H2,1H3;1H. The molecule has 3 rings (SSSR count). The van der Waals surface area contributed by atoms with Gasteiger partial charge in [-0.15, -0.1) is 12.4 Å². The first kappa shape index (κ1) is 21.2. The molecule has 1 aliphatic rings. The smallest absolute Gasteiger partial charge is 0.261 e. The van der Waals surface area contributed by atoms with Gasteiger partial charge in [-0.25, -0.2) is 8.42 Å². The number of nitrogens with zero attached hydrogens (tertiary/aromatic N) is 1. The summed E-state index contributed by atoms with van der Waals surface area (Å²) in [7, 11) is -3.70. The summed E-state index contributed by atoms with van der Waals surface area (Å²) in [6.07, 6.45) is 1.86. The zero-order valence-corrected chi connectivity index (χ0v) is 16.7. The second-order valence-electron chi connectivity index (χ2n) is 6.53. The maximum atomic E-state index is 12.6. The van der Waals surface area contributed by atoms with Crippen LogP contribution in [0.25, 0.3) is 0 Å². The Morgan fingerprint density at radius 2 is 1.78 bits per heavy atom. The molecule has 0 bridgehead atoms. The van der Waals surface area contributed by atoms with Gasteiger partial charge >= 0.3 is 0 Å². The van der Waals surface area contributed by atoms with E-state index >= 15 is 0 Å². The van der Waals surface area contributed by atoms with Crippen LogP contribution in [0.5, 0.6) is 0 Å². The van der Waals surface area contributed by atoms with E-state index in [0.29, 0.717) is 24.3 Å². The Labute approximate surface area is 166 Å². The van der Waals surface area contributed by atoms with Crippen LogP contribution in [-0.4, -0.2) is 38.4 Å². The zero-order valence-electron chi connectivity index (χ0n) is 15.1. The summed E-state index contributed by atoms with van der Waals surface area (Å²) in [6, 6.07) is 13.2. The third-order valence-corrected chi connectivity index (χ3v) is 6.02. The predicted molar refractivity (Wildman–Crippen MR) is 109 cm³/mol. The Hall–Kier alpha value is -2.09. The van der Waals surface area contributed by atoms with E-state index < -0.39 is 10.0 Å². The number of benzene rings is 2. The highest BCUT2D eigenvalue weighted by Gasteiger charge is 2.28. The maximum absolute atomic E-state index is 12.6. The van der Waals surface area contributed by atoms with Gasteiger partial charge in [-0.1, -0.05) is 17.7 Å². The molecule has 0 radical (unpaired) electrons. The number of likely N-dealkylation sites (tertiary alicyclic amines) is 1. The minimum Gasteiger partial charge on any atom is -0.334 e. The summed E-state index contributed by atoms with van der Waals surface area (Å²) in [5.41, 5.74) is 7.74. The summed E-state index contributed by atoms with van der Waals surface area (Å²) in [5.74, 6) is -0.103. The number of sulfonamides is 1. The quantitative estimate of drug-likeness (QED) is 0.794. The molecule has 2 aromatic rings. The second-order valence-corrected chi connectivity index (χ2v) is 8.21. The second kappa shape index (κ2) is 8.73. The number of nitrogens with two attached hydrogens (primary N) is 1. The summed E-state index contributed by atoms with van der Waals surface area (Å²) >= 11 is 0. The first-order chi connectivity index (χ1) is 12.4. The van der Waals surface area contributed by atoms with Gasteiger partial charge in [0.05, 0.1) is 4.90 Å². The molecule has 0 saturated carbocycles. The molecule has 1 saturated heterocycles. The van der Waals surface area contributed by atoms with E-state index in [1.165, 1.54) is 12.1 Å². The van der Waals surface area contributed by atoms with E-state index in [-0.39, 0.29) is 29.3 Å². The van der Waals surface area contributed by atoms with E-state index in [2.05, 4.69) is 4.72 Å². The van der Waals surface area contributed by atoms with E-state index in [0.717, 1.165) is 18.4 Å². The van der Waals surface area contributed by atoms with Gasteiger partial charge in [-0.05, 0) is 56.2 Å². The highest BCUT2D eigenvalue weighted by Crippen LogP contribution is 2.21. The molecule has 146 valence electrons. The topological polar surface area (TPSA) is 92.5 Å². The minimum atomic E-state index is -3.70. The number of carbonyl (C=O) groups excluding carboxylic acids is 1. The van der Waals surface area contributed by atoms with E-state index in [1.807, 2.05) is 19.1 Å². The van der Waals surface area contributed by atoms with Crippen molar-refractivity contribution in [2.24, 2.45) is 5.73 Å². The van der Waals surface area contributed by atoms with Gasteiger partial charge in [0.1, 0.15) is 0 Å². The normalized spacial score (nSPS) is 16.7. The molecule has 0 aliphatic carbocycles. The number of aryl methyl sites for hydroxylation is 1. The van der Waals surface area contributed by atoms with Crippen LogP contribution >= 0.6 is 12.4 Å². The van der Waals surface area contributed by atoms with Crippen LogP contribution in [0.3, 0.4) is 0 Å². The molecule has 0 spiro atoms. The Morgan fingerprint density at radius 3 is 2.37 bits per heavy atom. The maximum Gasteiger partial charge on any atom is 0.261 e. The fourth-order valence-corrected chi connectivity index (χ4v) is 4.18. The van der Waals surface area contributed by atoms with Crippen LogP contribution in [0, 0.1) is 6.92 Å². The minimum absolute atomic E-state index is 0. The Bertz CT molecular complexity index is 883. The van der Waals surface area contributed by atoms with Gasteiger partial charge < -0.3 is 10.6 Å². The van der Waals surface area contributed by atoms with Crippen molar-refractivity contribution in [1.82, 2.24) is 4.90 Å². The van der Waals surface area contributed by atoms with Gasteiger partial charge in [-0.2, -0.15) is 0 Å². The fraction of sp³-hybridized carbons (Fsp3) is 0.316. The summed E-state index contributed by atoms with van der Waals surface area (Å²) in [5, 5.41) is 0. The molecule has 0 aromatic heterocycles. The molecule has 1 fully saturated rings. The predicted octanol–water partition coefficient (Wildman–Crippen LogP) is 2.78. The highest BCUT2D eigenvalue weighted by atomic mass is 35.5. The van der Waals surface area contributed by atoms with Crippen molar-refractivity contribution < 1.29 is 13.2 Å². The zero-order chi connectivity index (χ0) is 18.7. The van der Waals surface area contributed by atoms with Crippen LogP contribution in [0.4, 0.5) is 5.69 Å². The fourth-order valence-electron chi connectivity index (χ4n) is 3.13. The van der Waals surface area contributed by atoms with Gasteiger partial charge in [0.25, 0.3) is 15.9 Å². The molecule has 1 aliphatic heterocycles. The lowest BCUT2D eigenvalue weighted by Crippen LogP contribution is -2.39. The number of halogens is 1. The van der Waals surface area contributed by atoms with Crippen LogP contribution in [0.1, 0.15) is 28.8 Å². The van der Waals surface area contributed by atoms with Crippen molar-refractivity contribution in [3.8, 4) is 0 Å². The number of hydrogen-bond donors (Lipinski definition) is 2. The van der Waals surface area contributed by atoms with Crippen molar-refractivity contribution in [2.45, 2.75) is 30.7 Å². The molecule has 2 aromatic carbocycles. The van der Waals surface area contributed by atoms with Crippen molar-refractivity contribution in [2.75, 3.05) is 17.8 Å². The number of rotatable bonds is 5. The number of hydrogen-bond acceptors (Lipinski definition) is 4. The Kier molecular flexibility index (Phi) is 6.86. The lowest BCUT2D eigenvalue weighted by molar-refractivity contribution is 0.0741. The molecule has 8 heteroatoms. The number of carbonyl (C=O) groups is 1. The van der Waals surface area contributed by atoms with E-state index in [4.69, 9.17) is 5.73 Å². The molecule has 6 nitrogen and oxygen atoms in total. The van der Waals surface area contributed by atoms with Crippen LogP contribution in [0.2, 0.25) is 0 Å². The molecule has 3 N–H and O–H groups in total. The molecular formula is C19H24ClN3O3S. The summed E-state index contributed by atoms with van der Waals surface area (Å²) < 4.78 is 27.5. The van der Waals surface area contributed by atoms with Crippen molar-refractivity contribution >= 4 is 34.0 Å². The number of amides is 1. The third kappa shape index (κ3) is 4.80. The lowest BCUT2D eigenvalue weighted by Gasteiger charge is -2.23. The van der Waals surface area contributed by atoms with Crippen LogP contribution in [-0.2, 0) is 10.0 Å². The van der Waals surface area contributed by atoms with E-state index in [9.17, 15) is 13.2 Å². The molecule has 1 amide bonds. The number of anilines is 1. The van der Waals surface area contributed by atoms with Crippen molar-refractivity contribution in [3.63, 3.8) is 0 Å². The summed E-state index contributed by atoms with van der Waals surface area (Å²) in [6.45, 7) is 3.07. The van der Waals surface area contributed by atoms with Gasteiger partial charge in [0.2, 0.25) is 0 Å². The molecule has 1 unspecified atom stereocenters. The molecular weight excluding hydrogens is 386 g/mol. The molecule has 1 heterocycles. The number of nitrogens with one attached hydrogen (secondary N) is 1. The molecule has 1 atom stereocenters. The van der Waals surface area contributed by atoms with Gasteiger partial charge in [0, 0.05) is 30.4 Å². The highest BCUT2D eigenvalue weighted by molar-refractivity contribution is 7.92. The third-order valence-electron chi connectivity index (χ3n) is 4.63. The van der Waals surface area contributed by atoms with E-state index in [1.54, 1.807) is 29.2 Å². The molecule has 27 heavy (non-hydrogen) atoms. The Morgan fingerprint density at radius 1 is 1.15 bits per heavy atom.